The third kappa shape index (κ3) is 5.63. The second kappa shape index (κ2) is 11.2. The van der Waals surface area contributed by atoms with E-state index in [2.05, 4.69) is 4.98 Å². The first-order valence-electron chi connectivity index (χ1n) is 15.4. The van der Waals surface area contributed by atoms with E-state index in [-0.39, 0.29) is 54.4 Å². The molecular weight excluding hydrogens is 596 g/mol. The second-order valence-electron chi connectivity index (χ2n) is 13.6. The highest BCUT2D eigenvalue weighted by Gasteiger charge is 2.72. The molecule has 12 heteroatoms. The molecule has 2 saturated heterocycles. The molecule has 1 aliphatic carbocycles. The van der Waals surface area contributed by atoms with Crippen molar-refractivity contribution in [1.82, 2.24) is 19.4 Å². The molecule has 240 valence electrons. The van der Waals surface area contributed by atoms with Crippen molar-refractivity contribution in [2.24, 2.45) is 17.3 Å². The molecule has 3 amide bonds. The Hall–Kier alpha value is -3.77. The Balaban J connectivity index is 1.32. The summed E-state index contributed by atoms with van der Waals surface area (Å²) in [5.74, 6) is -1.07. The summed E-state index contributed by atoms with van der Waals surface area (Å²) in [6.45, 7) is 15.1. The fourth-order valence-corrected chi connectivity index (χ4v) is 7.75. The second-order valence-corrected chi connectivity index (χ2v) is 14.7. The number of hydrogen-bond donors (Lipinski definition) is 0. The average molecular weight is 637 g/mol. The first kappa shape index (κ1) is 31.2. The summed E-state index contributed by atoms with van der Waals surface area (Å²) in [4.78, 5) is 60.3. The molecule has 5 heterocycles. The molecule has 2 aliphatic heterocycles. The highest BCUT2D eigenvalue weighted by Crippen LogP contribution is 2.63. The van der Waals surface area contributed by atoms with E-state index in [0.717, 1.165) is 32.0 Å². The predicted octanol–water partition coefficient (Wildman–Crippen LogP) is 5.03. The summed E-state index contributed by atoms with van der Waals surface area (Å²) in [6, 6.07) is 5.66. The van der Waals surface area contributed by atoms with Crippen LogP contribution in [0.1, 0.15) is 62.5 Å². The lowest BCUT2D eigenvalue weighted by atomic mass is 10.1. The van der Waals surface area contributed by atoms with Gasteiger partial charge in [0, 0.05) is 28.9 Å². The number of morpholine rings is 1. The van der Waals surface area contributed by atoms with Gasteiger partial charge in [-0.05, 0) is 58.2 Å². The van der Waals surface area contributed by atoms with Gasteiger partial charge in [0.15, 0.2) is 0 Å². The van der Waals surface area contributed by atoms with Crippen LogP contribution in [-0.4, -0.2) is 81.2 Å². The maximum Gasteiger partial charge on any atom is 0.410 e. The van der Waals surface area contributed by atoms with Gasteiger partial charge in [-0.25, -0.2) is 9.59 Å². The Labute approximate surface area is 266 Å². The van der Waals surface area contributed by atoms with Gasteiger partial charge in [0.1, 0.15) is 5.60 Å². The van der Waals surface area contributed by atoms with Crippen molar-refractivity contribution in [3.05, 3.63) is 40.5 Å². The Morgan fingerprint density at radius 2 is 1.87 bits per heavy atom. The van der Waals surface area contributed by atoms with Gasteiger partial charge in [-0.1, -0.05) is 13.8 Å². The third-order valence-electron chi connectivity index (χ3n) is 8.98. The Morgan fingerprint density at radius 1 is 1.16 bits per heavy atom. The summed E-state index contributed by atoms with van der Waals surface area (Å²) in [5.41, 5.74) is 2.68. The smallest absolute Gasteiger partial charge is 0.410 e. The number of aromatic nitrogens is 2. The average Bonchev–Trinajstić information content (AvgIpc) is 3.25. The summed E-state index contributed by atoms with van der Waals surface area (Å²) in [6.07, 6.45) is 0.992. The Bertz CT molecular complexity index is 1680. The highest BCUT2D eigenvalue weighted by molar-refractivity contribution is 7.19. The van der Waals surface area contributed by atoms with Gasteiger partial charge in [0.2, 0.25) is 11.8 Å². The van der Waals surface area contributed by atoms with E-state index in [1.54, 1.807) is 18.0 Å². The Morgan fingerprint density at radius 3 is 2.53 bits per heavy atom. The number of carbonyl (C=O) groups excluding carboxylic acids is 4. The summed E-state index contributed by atoms with van der Waals surface area (Å²) in [7, 11) is 0. The van der Waals surface area contributed by atoms with Gasteiger partial charge in [0.05, 0.1) is 72.3 Å². The number of carbonyl (C=O) groups is 4. The monoisotopic (exact) mass is 636 g/mol. The van der Waals surface area contributed by atoms with Crippen LogP contribution in [0.5, 0.6) is 0 Å². The van der Waals surface area contributed by atoms with Crippen LogP contribution in [-0.2, 0) is 36.9 Å². The van der Waals surface area contributed by atoms with Crippen LogP contribution in [0.3, 0.4) is 0 Å². The summed E-state index contributed by atoms with van der Waals surface area (Å²) < 4.78 is 20.0. The number of thiophene rings is 1. The first-order chi connectivity index (χ1) is 21.2. The van der Waals surface area contributed by atoms with E-state index in [4.69, 9.17) is 14.2 Å². The van der Waals surface area contributed by atoms with E-state index >= 15 is 0 Å². The van der Waals surface area contributed by atoms with Crippen molar-refractivity contribution < 1.29 is 33.4 Å². The number of amides is 3. The van der Waals surface area contributed by atoms with Gasteiger partial charge < -0.3 is 23.7 Å². The molecule has 0 bridgehead atoms. The minimum atomic E-state index is -0.609. The number of piperidine rings is 1. The van der Waals surface area contributed by atoms with Crippen molar-refractivity contribution in [2.75, 3.05) is 26.3 Å². The SMILES string of the molecule is CCOC(=O)c1cc(-c2ccnc3cc(CN4C(=O)C5C(C4=O)C5(C)C)sc23)n(C[C@@H]2CN(C(=O)OC(C)(C)C)CCO2)c1C. The first-order valence-corrected chi connectivity index (χ1v) is 16.2. The zero-order valence-electron chi connectivity index (χ0n) is 26.8. The van der Waals surface area contributed by atoms with Gasteiger partial charge in [-0.15, -0.1) is 11.3 Å². The summed E-state index contributed by atoms with van der Waals surface area (Å²) in [5, 5.41) is 0. The van der Waals surface area contributed by atoms with E-state index in [0.29, 0.717) is 31.8 Å². The number of ether oxygens (including phenoxy) is 3. The molecular formula is C33H40N4O7S. The largest absolute Gasteiger partial charge is 0.462 e. The van der Waals surface area contributed by atoms with Gasteiger partial charge in [-0.2, -0.15) is 0 Å². The lowest BCUT2D eigenvalue weighted by Gasteiger charge is -2.34. The van der Waals surface area contributed by atoms with Crippen molar-refractivity contribution in [3.8, 4) is 11.3 Å². The van der Waals surface area contributed by atoms with Crippen LogP contribution in [0.25, 0.3) is 21.5 Å². The minimum Gasteiger partial charge on any atom is -0.462 e. The number of nitrogens with zero attached hydrogens (tertiary/aromatic N) is 4. The molecule has 3 aromatic rings. The molecule has 45 heavy (non-hydrogen) atoms. The number of rotatable bonds is 7. The topological polar surface area (TPSA) is 120 Å². The number of esters is 1. The van der Waals surface area contributed by atoms with Gasteiger partial charge in [-0.3, -0.25) is 19.5 Å². The lowest BCUT2D eigenvalue weighted by Crippen LogP contribution is -2.48. The molecule has 6 rings (SSSR count). The zero-order valence-corrected chi connectivity index (χ0v) is 27.7. The molecule has 3 aromatic heterocycles. The predicted molar refractivity (Wildman–Crippen MR) is 168 cm³/mol. The van der Waals surface area contributed by atoms with E-state index in [1.807, 2.05) is 64.3 Å². The molecule has 1 saturated carbocycles. The van der Waals surface area contributed by atoms with Crippen LogP contribution in [0.4, 0.5) is 4.79 Å². The molecule has 3 fully saturated rings. The molecule has 0 radical (unpaired) electrons. The Kier molecular flexibility index (Phi) is 7.80. The molecule has 0 N–H and O–H groups in total. The van der Waals surface area contributed by atoms with Crippen molar-refractivity contribution in [3.63, 3.8) is 0 Å². The molecule has 2 unspecified atom stereocenters. The van der Waals surface area contributed by atoms with Crippen molar-refractivity contribution >= 4 is 45.4 Å². The standard InChI is InChI=1S/C33H40N4O7S/c1-8-42-30(40)22-14-24(36(18(22)2)16-19-15-35(11-12-43-19)31(41)44-32(3,4)5)21-9-10-34-23-13-20(45-27(21)23)17-37-28(38)25-26(29(37)39)33(25,6)7/h9-10,13-14,19,25-26H,8,11-12,15-17H2,1-7H3/t19-,25?,26?/m0/s1. The third-order valence-corrected chi connectivity index (χ3v) is 10.1. The normalized spacial score (nSPS) is 22.6. The molecule has 0 aromatic carbocycles. The van der Waals surface area contributed by atoms with Crippen molar-refractivity contribution in [1.29, 1.82) is 0 Å². The van der Waals surface area contributed by atoms with Crippen LogP contribution in [0, 0.1) is 24.2 Å². The molecule has 3 aliphatic rings. The van der Waals surface area contributed by atoms with E-state index in [9.17, 15) is 19.2 Å². The van der Waals surface area contributed by atoms with Crippen LogP contribution < -0.4 is 0 Å². The molecule has 0 spiro atoms. The van der Waals surface area contributed by atoms with Gasteiger partial charge >= 0.3 is 12.1 Å². The van der Waals surface area contributed by atoms with Crippen LogP contribution in [0.2, 0.25) is 0 Å². The van der Waals surface area contributed by atoms with Crippen molar-refractivity contribution in [2.45, 2.75) is 73.3 Å². The lowest BCUT2D eigenvalue weighted by molar-refractivity contribution is -0.143. The van der Waals surface area contributed by atoms with Crippen LogP contribution >= 0.6 is 11.3 Å². The van der Waals surface area contributed by atoms with Gasteiger partial charge in [0.25, 0.3) is 0 Å². The minimum absolute atomic E-state index is 0.0999. The fourth-order valence-electron chi connectivity index (χ4n) is 6.63. The maximum atomic E-state index is 13.0. The highest BCUT2D eigenvalue weighted by atomic mass is 32.1. The summed E-state index contributed by atoms with van der Waals surface area (Å²) >= 11 is 1.48. The number of hydrogen-bond acceptors (Lipinski definition) is 9. The van der Waals surface area contributed by atoms with E-state index < -0.39 is 11.6 Å². The number of fused-ring (bicyclic) bond motifs is 2. The van der Waals surface area contributed by atoms with E-state index in [1.165, 1.54) is 16.2 Å². The zero-order chi connectivity index (χ0) is 32.4. The fraction of sp³-hybridized carbons (Fsp3) is 0.545. The number of imide groups is 1. The molecule has 3 atom stereocenters. The van der Waals surface area contributed by atoms with Crippen LogP contribution in [0.15, 0.2) is 24.4 Å². The quantitative estimate of drug-likeness (QED) is 0.262. The maximum absolute atomic E-state index is 13.0. The number of pyridine rings is 1. The molecule has 11 nitrogen and oxygen atoms in total. The number of likely N-dealkylation sites (tertiary alicyclic amines) is 1.